The molecule has 1 saturated carbocycles. The zero-order chi connectivity index (χ0) is 20.9. The van der Waals surface area contributed by atoms with Crippen molar-refractivity contribution in [1.82, 2.24) is 10.3 Å². The second-order valence-corrected chi connectivity index (χ2v) is 7.05. The summed E-state index contributed by atoms with van der Waals surface area (Å²) in [6.45, 7) is 3.91. The maximum Gasteiger partial charge on any atom is 0.318 e. The lowest BCUT2D eigenvalue weighted by Crippen LogP contribution is -2.24. The third kappa shape index (κ3) is 9.04. The van der Waals surface area contributed by atoms with E-state index in [1.165, 1.54) is 63.8 Å². The number of urea groups is 1. The first-order chi connectivity index (χ1) is 13.3. The third-order valence-corrected chi connectivity index (χ3v) is 4.58. The van der Waals surface area contributed by atoms with Crippen LogP contribution in [0.25, 0.3) is 0 Å². The van der Waals surface area contributed by atoms with Crippen molar-refractivity contribution in [1.29, 1.82) is 0 Å². The lowest BCUT2D eigenvalue weighted by Gasteiger charge is -2.05. The van der Waals surface area contributed by atoms with Crippen molar-refractivity contribution in [3.05, 3.63) is 52.6 Å². The van der Waals surface area contributed by atoms with Crippen LogP contribution in [0.3, 0.4) is 0 Å². The molecule has 1 aliphatic carbocycles. The van der Waals surface area contributed by atoms with E-state index in [0.29, 0.717) is 5.69 Å². The van der Waals surface area contributed by atoms with Gasteiger partial charge in [0.1, 0.15) is 5.82 Å². The molecular formula is C21H30ClFN4O. The summed E-state index contributed by atoms with van der Waals surface area (Å²) in [5, 5.41) is 4.80. The maximum absolute atomic E-state index is 12.7. The number of hydrogen-bond acceptors (Lipinski definition) is 3. The molecule has 0 spiro atoms. The molecule has 5 nitrogen and oxygen atoms in total. The molecule has 1 aromatic carbocycles. The second kappa shape index (κ2) is 12.9. The second-order valence-electron chi connectivity index (χ2n) is 6.64. The van der Waals surface area contributed by atoms with Crippen molar-refractivity contribution in [3.8, 4) is 0 Å². The Bertz CT molecular complexity index is 719. The number of nitrogen functional groups attached to an aromatic ring is 1. The van der Waals surface area contributed by atoms with Crippen LogP contribution >= 0.6 is 11.6 Å². The molecule has 1 aliphatic rings. The van der Waals surface area contributed by atoms with Crippen LogP contribution < -0.4 is 16.4 Å². The Kier molecular flexibility index (Phi) is 11.0. The van der Waals surface area contributed by atoms with Crippen molar-refractivity contribution in [2.75, 3.05) is 18.1 Å². The Morgan fingerprint density at radius 1 is 1.07 bits per heavy atom. The lowest BCUT2D eigenvalue weighted by atomic mass is 10.0. The third-order valence-electron chi connectivity index (χ3n) is 4.29. The van der Waals surface area contributed by atoms with Gasteiger partial charge in [0, 0.05) is 30.8 Å². The average molecular weight is 409 g/mol. The molecule has 0 saturated heterocycles. The summed E-state index contributed by atoms with van der Waals surface area (Å²) in [5.41, 5.74) is 9.05. The van der Waals surface area contributed by atoms with Gasteiger partial charge in [0.25, 0.3) is 0 Å². The lowest BCUT2D eigenvalue weighted by molar-refractivity contribution is 0.254. The van der Waals surface area contributed by atoms with Gasteiger partial charge in [-0.05, 0) is 43.2 Å². The number of amides is 2. The van der Waals surface area contributed by atoms with Crippen LogP contribution in [-0.2, 0) is 0 Å². The maximum atomic E-state index is 12.7. The number of nitrogens with two attached hydrogens (primary N) is 1. The van der Waals surface area contributed by atoms with Crippen molar-refractivity contribution < 1.29 is 9.18 Å². The summed E-state index contributed by atoms with van der Waals surface area (Å²) in [4.78, 5) is 14.8. The van der Waals surface area contributed by atoms with Crippen LogP contribution in [0.2, 0.25) is 5.02 Å². The summed E-state index contributed by atoms with van der Waals surface area (Å²) in [6, 6.07) is 3.58. The molecule has 7 heteroatoms. The summed E-state index contributed by atoms with van der Waals surface area (Å²) in [7, 11) is 1.49. The molecule has 0 unspecified atom stereocenters. The van der Waals surface area contributed by atoms with E-state index in [-0.39, 0.29) is 11.1 Å². The number of nitrogens with zero attached hydrogens (tertiary/aromatic N) is 1. The van der Waals surface area contributed by atoms with Crippen molar-refractivity contribution in [3.63, 3.8) is 0 Å². The number of aryl methyl sites for hydroxylation is 2. The van der Waals surface area contributed by atoms with Gasteiger partial charge < -0.3 is 16.4 Å². The zero-order valence-electron chi connectivity index (χ0n) is 16.8. The smallest absolute Gasteiger partial charge is 0.318 e. The van der Waals surface area contributed by atoms with E-state index < -0.39 is 5.82 Å². The summed E-state index contributed by atoms with van der Waals surface area (Å²) >= 11 is 5.49. The van der Waals surface area contributed by atoms with Gasteiger partial charge >= 0.3 is 6.03 Å². The Hall–Kier alpha value is -2.34. The minimum Gasteiger partial charge on any atom is -0.398 e. The van der Waals surface area contributed by atoms with Crippen molar-refractivity contribution in [2.45, 2.75) is 52.4 Å². The van der Waals surface area contributed by atoms with Crippen molar-refractivity contribution >= 4 is 29.0 Å². The first-order valence-corrected chi connectivity index (χ1v) is 9.83. The number of rotatable bonds is 1. The normalized spacial score (nSPS) is 12.6. The summed E-state index contributed by atoms with van der Waals surface area (Å²) in [6.07, 6.45) is 12.5. The SMILES string of the molecule is C1CCCCC1.CNC(=O)Nc1ccc(F)c(Cl)c1.Cc1cncc(C)c1N. The molecule has 1 heterocycles. The van der Waals surface area contributed by atoms with Gasteiger partial charge in [-0.15, -0.1) is 0 Å². The van der Waals surface area contributed by atoms with Crippen LogP contribution in [-0.4, -0.2) is 18.1 Å². The molecule has 4 N–H and O–H groups in total. The Morgan fingerprint density at radius 2 is 1.57 bits per heavy atom. The van der Waals surface area contributed by atoms with Crippen LogP contribution in [0.15, 0.2) is 30.6 Å². The first kappa shape index (κ1) is 23.7. The minimum atomic E-state index is -0.510. The highest BCUT2D eigenvalue weighted by molar-refractivity contribution is 6.31. The number of hydrogen-bond donors (Lipinski definition) is 3. The Balaban J connectivity index is 0.000000226. The highest BCUT2D eigenvalue weighted by Gasteiger charge is 2.02. The van der Waals surface area contributed by atoms with E-state index in [4.69, 9.17) is 17.3 Å². The Morgan fingerprint density at radius 3 is 1.96 bits per heavy atom. The van der Waals surface area contributed by atoms with Gasteiger partial charge in [0.15, 0.2) is 0 Å². The quantitative estimate of drug-likeness (QED) is 0.553. The van der Waals surface area contributed by atoms with Gasteiger partial charge in [0.05, 0.1) is 5.02 Å². The van der Waals surface area contributed by atoms with E-state index in [2.05, 4.69) is 15.6 Å². The van der Waals surface area contributed by atoms with Gasteiger partial charge in [-0.2, -0.15) is 0 Å². The Labute approximate surface area is 171 Å². The minimum absolute atomic E-state index is 0.0195. The standard InChI is InChI=1S/C8H8ClFN2O.C7H10N2.C6H12/c1-11-8(13)12-5-2-3-7(10)6(9)4-5;1-5-3-9-4-6(2)7(5)8;1-2-4-6-5-3-1/h2-4H,1H3,(H2,11,12,13);3-4H,1-2H3,(H2,8,9);1-6H2. The molecule has 2 aromatic rings. The molecule has 0 radical (unpaired) electrons. The number of benzene rings is 1. The molecule has 154 valence electrons. The molecule has 28 heavy (non-hydrogen) atoms. The predicted molar refractivity (Wildman–Crippen MR) is 115 cm³/mol. The van der Waals surface area contributed by atoms with Gasteiger partial charge in [-0.1, -0.05) is 50.1 Å². The molecule has 1 fully saturated rings. The molecule has 3 rings (SSSR count). The topological polar surface area (TPSA) is 80.0 Å². The van der Waals surface area contributed by atoms with Gasteiger partial charge in [0.2, 0.25) is 0 Å². The fraction of sp³-hybridized carbons (Fsp3) is 0.429. The summed E-state index contributed by atoms with van der Waals surface area (Å²) < 4.78 is 12.7. The highest BCUT2D eigenvalue weighted by Crippen LogP contribution is 2.19. The monoisotopic (exact) mass is 408 g/mol. The van der Waals surface area contributed by atoms with Gasteiger partial charge in [-0.25, -0.2) is 9.18 Å². The van der Waals surface area contributed by atoms with Gasteiger partial charge in [-0.3, -0.25) is 4.98 Å². The predicted octanol–water partition coefficient (Wildman–Crippen LogP) is 5.85. The molecule has 0 atom stereocenters. The number of nitrogens with one attached hydrogen (secondary N) is 2. The fourth-order valence-electron chi connectivity index (χ4n) is 2.54. The highest BCUT2D eigenvalue weighted by atomic mass is 35.5. The summed E-state index contributed by atoms with van der Waals surface area (Å²) in [5.74, 6) is -0.510. The molecule has 2 amide bonds. The van der Waals surface area contributed by atoms with Crippen LogP contribution in [0.4, 0.5) is 20.6 Å². The zero-order valence-corrected chi connectivity index (χ0v) is 17.6. The average Bonchev–Trinajstić information content (AvgIpc) is 2.71. The van der Waals surface area contributed by atoms with E-state index in [1.807, 2.05) is 13.8 Å². The van der Waals surface area contributed by atoms with E-state index in [9.17, 15) is 9.18 Å². The number of anilines is 2. The molecule has 0 bridgehead atoms. The van der Waals surface area contributed by atoms with Crippen LogP contribution in [0.1, 0.15) is 49.7 Å². The van der Waals surface area contributed by atoms with E-state index >= 15 is 0 Å². The fourth-order valence-corrected chi connectivity index (χ4v) is 2.72. The number of pyridine rings is 1. The first-order valence-electron chi connectivity index (χ1n) is 9.45. The van der Waals surface area contributed by atoms with Crippen LogP contribution in [0.5, 0.6) is 0 Å². The molecule has 0 aliphatic heterocycles. The number of carbonyl (C=O) groups excluding carboxylic acids is 1. The van der Waals surface area contributed by atoms with E-state index in [1.54, 1.807) is 12.4 Å². The number of halogens is 2. The largest absolute Gasteiger partial charge is 0.398 e. The molecular weight excluding hydrogens is 379 g/mol. The number of aromatic nitrogens is 1. The van der Waals surface area contributed by atoms with Crippen molar-refractivity contribution in [2.24, 2.45) is 0 Å². The van der Waals surface area contributed by atoms with Crippen LogP contribution in [0, 0.1) is 19.7 Å². The van der Waals surface area contributed by atoms with E-state index in [0.717, 1.165) is 16.8 Å². The number of carbonyl (C=O) groups is 1. The molecule has 1 aromatic heterocycles.